The van der Waals surface area contributed by atoms with E-state index in [1.807, 2.05) is 0 Å². The summed E-state index contributed by atoms with van der Waals surface area (Å²) >= 11 is 5.02. The van der Waals surface area contributed by atoms with Crippen molar-refractivity contribution in [3.8, 4) is 0 Å². The van der Waals surface area contributed by atoms with Crippen molar-refractivity contribution in [3.05, 3.63) is 0 Å². The van der Waals surface area contributed by atoms with Crippen LogP contribution in [0.2, 0.25) is 0 Å². The van der Waals surface area contributed by atoms with Gasteiger partial charge in [-0.3, -0.25) is 0 Å². The minimum absolute atomic E-state index is 0.742. The lowest BCUT2D eigenvalue weighted by atomic mass is 10.2. The maximum Gasteiger partial charge on any atom is 0.159 e. The van der Waals surface area contributed by atoms with Gasteiger partial charge in [-0.15, -0.1) is 0 Å². The molecule has 0 aromatic rings. The van der Waals surface area contributed by atoms with Crippen molar-refractivity contribution in [2.45, 2.75) is 33.6 Å². The lowest BCUT2D eigenvalue weighted by Gasteiger charge is -2.35. The Hall–Kier alpha value is -0.150. The number of hydrogen-bond donors (Lipinski definition) is 0. The summed E-state index contributed by atoms with van der Waals surface area (Å²) in [6.45, 7) is 11.7. The lowest BCUT2D eigenvalue weighted by molar-refractivity contribution is -0.923. The molecule has 0 saturated heterocycles. The van der Waals surface area contributed by atoms with Crippen LogP contribution in [0, 0.1) is 0 Å². The van der Waals surface area contributed by atoms with Gasteiger partial charge < -0.3 is 9.22 Å². The van der Waals surface area contributed by atoms with Crippen molar-refractivity contribution in [2.24, 2.45) is 0 Å². The summed E-state index contributed by atoms with van der Waals surface area (Å²) in [6.07, 6.45) is 2.06. The molecule has 0 saturated carbocycles. The number of methoxy groups -OCH3 is 1. The number of hydrogen-bond acceptors (Lipinski definition) is 2. The zero-order valence-corrected chi connectivity index (χ0v) is 10.8. The number of nitrogens with zero attached hydrogens (tertiary/aromatic N) is 1. The fourth-order valence-corrected chi connectivity index (χ4v) is 1.95. The minimum atomic E-state index is 0.742. The molecule has 0 unspecified atom stereocenters. The predicted octanol–water partition coefficient (Wildman–Crippen LogP) is 2.62. The number of thiocarbonyl (C=S) groups is 1. The van der Waals surface area contributed by atoms with Gasteiger partial charge in [0.05, 0.1) is 33.3 Å². The monoisotopic (exact) mass is 218 g/mol. The molecule has 2 nitrogen and oxygen atoms in total. The molecule has 0 aliphatic rings. The lowest BCUT2D eigenvalue weighted by Crippen LogP contribution is -2.48. The molecule has 0 aliphatic carbocycles. The third-order valence-corrected chi connectivity index (χ3v) is 3.62. The first-order valence-electron chi connectivity index (χ1n) is 5.56. The SMILES string of the molecule is CC[N+](CC)(CC)CCCC(=S)OC. The second-order valence-electron chi connectivity index (χ2n) is 3.69. The molecule has 84 valence electrons. The molecule has 0 amide bonds. The van der Waals surface area contributed by atoms with Crippen molar-refractivity contribution in [2.75, 3.05) is 33.3 Å². The van der Waals surface area contributed by atoms with Crippen LogP contribution < -0.4 is 0 Å². The molecular formula is C11H24NOS+. The van der Waals surface area contributed by atoms with E-state index in [1.54, 1.807) is 7.11 Å². The molecular weight excluding hydrogens is 194 g/mol. The highest BCUT2D eigenvalue weighted by atomic mass is 32.1. The van der Waals surface area contributed by atoms with Gasteiger partial charge in [-0.25, -0.2) is 0 Å². The Morgan fingerprint density at radius 1 is 1.14 bits per heavy atom. The first-order valence-corrected chi connectivity index (χ1v) is 5.96. The average Bonchev–Trinajstić information content (AvgIpc) is 2.25. The van der Waals surface area contributed by atoms with Crippen molar-refractivity contribution >= 4 is 17.3 Å². The van der Waals surface area contributed by atoms with Crippen LogP contribution in [0.1, 0.15) is 33.6 Å². The molecule has 14 heavy (non-hydrogen) atoms. The van der Waals surface area contributed by atoms with Crippen molar-refractivity contribution in [1.82, 2.24) is 0 Å². The molecule has 0 spiro atoms. The van der Waals surface area contributed by atoms with Crippen LogP contribution in [0.3, 0.4) is 0 Å². The van der Waals surface area contributed by atoms with E-state index in [0.29, 0.717) is 0 Å². The van der Waals surface area contributed by atoms with E-state index < -0.39 is 0 Å². The minimum Gasteiger partial charge on any atom is -0.490 e. The van der Waals surface area contributed by atoms with Gasteiger partial charge >= 0.3 is 0 Å². The number of rotatable bonds is 7. The Labute approximate surface area is 93.8 Å². The molecule has 0 radical (unpaired) electrons. The predicted molar refractivity (Wildman–Crippen MR) is 65.6 cm³/mol. The smallest absolute Gasteiger partial charge is 0.159 e. The summed E-state index contributed by atoms with van der Waals surface area (Å²) in [7, 11) is 1.66. The van der Waals surface area contributed by atoms with E-state index in [9.17, 15) is 0 Å². The highest BCUT2D eigenvalue weighted by Gasteiger charge is 2.19. The Morgan fingerprint density at radius 3 is 2.00 bits per heavy atom. The van der Waals surface area contributed by atoms with E-state index in [0.717, 1.165) is 17.9 Å². The maximum atomic E-state index is 5.02. The largest absolute Gasteiger partial charge is 0.490 e. The quantitative estimate of drug-likeness (QED) is 0.480. The van der Waals surface area contributed by atoms with E-state index in [4.69, 9.17) is 17.0 Å². The summed E-state index contributed by atoms with van der Waals surface area (Å²) in [5.41, 5.74) is 0. The summed E-state index contributed by atoms with van der Waals surface area (Å²) in [5, 5.41) is 0.742. The topological polar surface area (TPSA) is 9.23 Å². The zero-order valence-electron chi connectivity index (χ0n) is 10.0. The zero-order chi connectivity index (χ0) is 11.0. The highest BCUT2D eigenvalue weighted by Crippen LogP contribution is 2.09. The standard InChI is InChI=1S/C11H24NOS/c1-5-12(6-2,7-3)10-8-9-11(14)13-4/h5-10H2,1-4H3/q+1. The van der Waals surface area contributed by atoms with Crippen molar-refractivity contribution < 1.29 is 9.22 Å². The molecule has 0 N–H and O–H groups in total. The van der Waals surface area contributed by atoms with Crippen LogP contribution in [-0.2, 0) is 4.74 Å². The Morgan fingerprint density at radius 2 is 1.64 bits per heavy atom. The third kappa shape index (κ3) is 4.38. The average molecular weight is 218 g/mol. The molecule has 0 bridgehead atoms. The van der Waals surface area contributed by atoms with E-state index >= 15 is 0 Å². The summed E-state index contributed by atoms with van der Waals surface area (Å²) in [5.74, 6) is 0. The van der Waals surface area contributed by atoms with Crippen LogP contribution >= 0.6 is 12.2 Å². The van der Waals surface area contributed by atoms with Gasteiger partial charge in [0, 0.05) is 12.8 Å². The molecule has 3 heteroatoms. The van der Waals surface area contributed by atoms with Gasteiger partial charge in [0.15, 0.2) is 5.05 Å². The first-order chi connectivity index (χ1) is 6.64. The Kier molecular flexibility index (Phi) is 7.11. The number of quaternary nitrogens is 1. The molecule has 0 aromatic carbocycles. The van der Waals surface area contributed by atoms with E-state index in [1.165, 1.54) is 30.7 Å². The molecule has 0 rings (SSSR count). The van der Waals surface area contributed by atoms with Crippen LogP contribution in [0.15, 0.2) is 0 Å². The van der Waals surface area contributed by atoms with Gasteiger partial charge in [0.2, 0.25) is 0 Å². The third-order valence-electron chi connectivity index (χ3n) is 3.25. The molecule has 0 aliphatic heterocycles. The second-order valence-corrected chi connectivity index (χ2v) is 4.15. The first kappa shape index (κ1) is 13.8. The van der Waals surface area contributed by atoms with Gasteiger partial charge in [0.25, 0.3) is 0 Å². The normalized spacial score (nSPS) is 11.4. The number of ether oxygens (including phenoxy) is 1. The van der Waals surface area contributed by atoms with Crippen LogP contribution in [0.4, 0.5) is 0 Å². The van der Waals surface area contributed by atoms with Crippen molar-refractivity contribution in [1.29, 1.82) is 0 Å². The van der Waals surface area contributed by atoms with Gasteiger partial charge in [-0.2, -0.15) is 0 Å². The van der Waals surface area contributed by atoms with Gasteiger partial charge in [0.1, 0.15) is 0 Å². The Bertz CT molecular complexity index is 158. The molecule has 0 atom stereocenters. The fourth-order valence-electron chi connectivity index (χ4n) is 1.81. The molecule has 0 heterocycles. The molecule has 0 fully saturated rings. The van der Waals surface area contributed by atoms with Crippen molar-refractivity contribution in [3.63, 3.8) is 0 Å². The summed E-state index contributed by atoms with van der Waals surface area (Å²) in [6, 6.07) is 0. The second kappa shape index (κ2) is 7.18. The van der Waals surface area contributed by atoms with Gasteiger partial charge in [-0.05, 0) is 33.0 Å². The van der Waals surface area contributed by atoms with Crippen LogP contribution in [-0.4, -0.2) is 42.8 Å². The Balaban J connectivity index is 3.88. The fraction of sp³-hybridized carbons (Fsp3) is 0.909. The highest BCUT2D eigenvalue weighted by molar-refractivity contribution is 7.80. The van der Waals surface area contributed by atoms with Crippen LogP contribution in [0.5, 0.6) is 0 Å². The van der Waals surface area contributed by atoms with Crippen LogP contribution in [0.25, 0.3) is 0 Å². The molecule has 0 aromatic heterocycles. The summed E-state index contributed by atoms with van der Waals surface area (Å²) in [4.78, 5) is 0. The summed E-state index contributed by atoms with van der Waals surface area (Å²) < 4.78 is 6.19. The van der Waals surface area contributed by atoms with Gasteiger partial charge in [-0.1, -0.05) is 0 Å². The van der Waals surface area contributed by atoms with E-state index in [-0.39, 0.29) is 0 Å². The van der Waals surface area contributed by atoms with E-state index in [2.05, 4.69) is 20.8 Å². The maximum absolute atomic E-state index is 5.02.